The first-order valence-corrected chi connectivity index (χ1v) is 10.3. The van der Waals surface area contributed by atoms with Crippen molar-refractivity contribution < 1.29 is 19.1 Å². The van der Waals surface area contributed by atoms with E-state index in [2.05, 4.69) is 15.3 Å². The number of nitrogens with zero attached hydrogens (tertiary/aromatic N) is 2. The zero-order chi connectivity index (χ0) is 23.0. The molecule has 1 aromatic heterocycles. The second-order valence-electron chi connectivity index (χ2n) is 6.83. The number of nitrogens with one attached hydrogen (secondary N) is 1. The second kappa shape index (κ2) is 10.4. The molecule has 0 atom stereocenters. The summed E-state index contributed by atoms with van der Waals surface area (Å²) in [7, 11) is 0. The number of benzene rings is 3. The van der Waals surface area contributed by atoms with Crippen LogP contribution < -0.4 is 10.1 Å². The van der Waals surface area contributed by atoms with Gasteiger partial charge in [0.05, 0.1) is 28.6 Å². The molecule has 4 aromatic rings. The van der Waals surface area contributed by atoms with Crippen molar-refractivity contribution in [2.24, 2.45) is 0 Å². The normalized spacial score (nSPS) is 10.8. The molecule has 0 spiro atoms. The molecular formula is C25H18ClN3O4. The van der Waals surface area contributed by atoms with E-state index in [-0.39, 0.29) is 0 Å². The highest BCUT2D eigenvalue weighted by Crippen LogP contribution is 2.32. The molecule has 0 fully saturated rings. The van der Waals surface area contributed by atoms with Crippen LogP contribution in [-0.2, 0) is 14.3 Å². The number of aromatic nitrogens is 2. The minimum atomic E-state index is -0.688. The molecule has 0 aliphatic rings. The number of esters is 1. The Balaban J connectivity index is 1.34. The number of fused-ring (bicyclic) bond motifs is 1. The minimum Gasteiger partial charge on any atom is -0.455 e. The highest BCUT2D eigenvalue weighted by atomic mass is 35.5. The van der Waals surface area contributed by atoms with Crippen LogP contribution in [0.2, 0.25) is 5.02 Å². The summed E-state index contributed by atoms with van der Waals surface area (Å²) in [4.78, 5) is 33.0. The van der Waals surface area contributed by atoms with Gasteiger partial charge in [-0.25, -0.2) is 9.78 Å². The Morgan fingerprint density at radius 1 is 0.970 bits per heavy atom. The summed E-state index contributed by atoms with van der Waals surface area (Å²) in [5, 5.41) is 3.07. The number of hydrogen-bond donors (Lipinski definition) is 1. The number of halogens is 1. The van der Waals surface area contributed by atoms with E-state index < -0.39 is 18.5 Å². The Morgan fingerprint density at radius 2 is 1.73 bits per heavy atom. The first kappa shape index (κ1) is 22.0. The van der Waals surface area contributed by atoms with Crippen LogP contribution >= 0.6 is 11.6 Å². The van der Waals surface area contributed by atoms with Crippen molar-refractivity contribution in [3.63, 3.8) is 0 Å². The Hall–Kier alpha value is -4.23. The summed E-state index contributed by atoms with van der Waals surface area (Å²) in [6.45, 7) is -0.482. The predicted octanol–water partition coefficient (Wildman–Crippen LogP) is 5.27. The lowest BCUT2D eigenvalue weighted by atomic mass is 10.2. The maximum Gasteiger partial charge on any atom is 0.331 e. The zero-order valence-corrected chi connectivity index (χ0v) is 18.0. The SMILES string of the molecule is O=C(COC(=O)C=Cc1cnc2ccccc2n1)Nc1cc(Cl)ccc1Oc1ccccc1. The Kier molecular flexibility index (Phi) is 6.92. The molecule has 0 saturated heterocycles. The number of anilines is 1. The molecule has 8 heteroatoms. The average molecular weight is 460 g/mol. The molecule has 1 N–H and O–H groups in total. The van der Waals surface area contributed by atoms with Crippen LogP contribution in [0.1, 0.15) is 5.69 Å². The maximum atomic E-state index is 12.3. The largest absolute Gasteiger partial charge is 0.455 e. The minimum absolute atomic E-state index is 0.356. The first-order chi connectivity index (χ1) is 16.1. The Morgan fingerprint density at radius 3 is 2.55 bits per heavy atom. The Labute approximate surface area is 194 Å². The third-order valence-electron chi connectivity index (χ3n) is 4.39. The van der Waals surface area contributed by atoms with E-state index in [4.69, 9.17) is 21.1 Å². The monoisotopic (exact) mass is 459 g/mol. The summed E-state index contributed by atoms with van der Waals surface area (Å²) in [6, 6.07) is 21.4. The average Bonchev–Trinajstić information content (AvgIpc) is 2.83. The van der Waals surface area contributed by atoms with Gasteiger partial charge in [0.25, 0.3) is 5.91 Å². The summed E-state index contributed by atoms with van der Waals surface area (Å²) < 4.78 is 10.8. The smallest absolute Gasteiger partial charge is 0.331 e. The van der Waals surface area contributed by atoms with E-state index in [9.17, 15) is 9.59 Å². The van der Waals surface area contributed by atoms with Gasteiger partial charge in [0.15, 0.2) is 12.4 Å². The molecule has 0 bridgehead atoms. The van der Waals surface area contributed by atoms with Crippen LogP contribution in [0.3, 0.4) is 0 Å². The molecular weight excluding hydrogens is 442 g/mol. The van der Waals surface area contributed by atoms with E-state index in [1.807, 2.05) is 42.5 Å². The summed E-state index contributed by atoms with van der Waals surface area (Å²) in [5.74, 6) is -0.224. The molecule has 164 valence electrons. The van der Waals surface area contributed by atoms with Gasteiger partial charge >= 0.3 is 5.97 Å². The van der Waals surface area contributed by atoms with Gasteiger partial charge in [-0.3, -0.25) is 9.78 Å². The molecule has 1 amide bonds. The third-order valence-corrected chi connectivity index (χ3v) is 4.62. The second-order valence-corrected chi connectivity index (χ2v) is 7.26. The maximum absolute atomic E-state index is 12.3. The van der Waals surface area contributed by atoms with Gasteiger partial charge in [-0.1, -0.05) is 41.9 Å². The quantitative estimate of drug-likeness (QED) is 0.299. The highest BCUT2D eigenvalue weighted by Gasteiger charge is 2.11. The van der Waals surface area contributed by atoms with Crippen LogP contribution in [0.25, 0.3) is 17.1 Å². The number of carbonyl (C=O) groups excluding carboxylic acids is 2. The fourth-order valence-electron chi connectivity index (χ4n) is 2.88. The highest BCUT2D eigenvalue weighted by molar-refractivity contribution is 6.31. The van der Waals surface area contributed by atoms with Crippen molar-refractivity contribution in [2.45, 2.75) is 0 Å². The van der Waals surface area contributed by atoms with Crippen LogP contribution in [0.4, 0.5) is 5.69 Å². The first-order valence-electron chi connectivity index (χ1n) is 9.96. The van der Waals surface area contributed by atoms with Crippen molar-refractivity contribution in [3.05, 3.63) is 95.8 Å². The van der Waals surface area contributed by atoms with Gasteiger partial charge in [0.1, 0.15) is 5.75 Å². The van der Waals surface area contributed by atoms with Crippen LogP contribution in [-0.4, -0.2) is 28.5 Å². The number of ether oxygens (including phenoxy) is 2. The van der Waals surface area contributed by atoms with E-state index in [0.29, 0.717) is 33.4 Å². The number of rotatable bonds is 7. The van der Waals surface area contributed by atoms with Crippen molar-refractivity contribution in [2.75, 3.05) is 11.9 Å². The predicted molar refractivity (Wildman–Crippen MR) is 126 cm³/mol. The van der Waals surface area contributed by atoms with Gasteiger partial charge < -0.3 is 14.8 Å². The lowest BCUT2D eigenvalue weighted by Crippen LogP contribution is -2.20. The van der Waals surface area contributed by atoms with Gasteiger partial charge in [0, 0.05) is 11.1 Å². The molecule has 0 aliphatic carbocycles. The standard InChI is InChI=1S/C25H18ClN3O4/c26-17-10-12-23(33-19-6-2-1-3-7-19)22(14-17)29-24(30)16-32-25(31)13-11-18-15-27-20-8-4-5-9-21(20)28-18/h1-15H,16H2,(H,29,30). The Bertz CT molecular complexity index is 1330. The lowest BCUT2D eigenvalue weighted by Gasteiger charge is -2.12. The molecule has 4 rings (SSSR count). The van der Waals surface area contributed by atoms with Crippen molar-refractivity contribution in [1.82, 2.24) is 9.97 Å². The van der Waals surface area contributed by atoms with Crippen molar-refractivity contribution >= 4 is 46.3 Å². The molecule has 33 heavy (non-hydrogen) atoms. The van der Waals surface area contributed by atoms with Gasteiger partial charge in [-0.15, -0.1) is 0 Å². The molecule has 1 heterocycles. The molecule has 0 radical (unpaired) electrons. The van der Waals surface area contributed by atoms with E-state index in [1.165, 1.54) is 12.2 Å². The van der Waals surface area contributed by atoms with Crippen LogP contribution in [0.15, 0.2) is 85.1 Å². The topological polar surface area (TPSA) is 90.4 Å². The lowest BCUT2D eigenvalue weighted by molar-refractivity contribution is -0.142. The fourth-order valence-corrected chi connectivity index (χ4v) is 3.05. The number of para-hydroxylation sites is 3. The van der Waals surface area contributed by atoms with E-state index in [0.717, 1.165) is 5.52 Å². The van der Waals surface area contributed by atoms with Gasteiger partial charge in [0.2, 0.25) is 0 Å². The van der Waals surface area contributed by atoms with E-state index >= 15 is 0 Å². The fraction of sp³-hybridized carbons (Fsp3) is 0.0400. The van der Waals surface area contributed by atoms with Gasteiger partial charge in [-0.2, -0.15) is 0 Å². The molecule has 3 aromatic carbocycles. The number of amides is 1. The van der Waals surface area contributed by atoms with E-state index in [1.54, 1.807) is 36.5 Å². The molecule has 7 nitrogen and oxygen atoms in total. The summed E-state index contributed by atoms with van der Waals surface area (Å²) in [5.41, 5.74) is 2.32. The number of carbonyl (C=O) groups is 2. The molecule has 0 aliphatic heterocycles. The van der Waals surface area contributed by atoms with Crippen LogP contribution in [0, 0.1) is 0 Å². The van der Waals surface area contributed by atoms with Crippen molar-refractivity contribution in [1.29, 1.82) is 0 Å². The molecule has 0 saturated carbocycles. The molecule has 0 unspecified atom stereocenters. The summed E-state index contributed by atoms with van der Waals surface area (Å²) >= 11 is 6.05. The summed E-state index contributed by atoms with van der Waals surface area (Å²) in [6.07, 6.45) is 4.21. The van der Waals surface area contributed by atoms with Crippen LogP contribution in [0.5, 0.6) is 11.5 Å². The van der Waals surface area contributed by atoms with Crippen molar-refractivity contribution in [3.8, 4) is 11.5 Å². The third kappa shape index (κ3) is 6.15. The number of hydrogen-bond acceptors (Lipinski definition) is 6. The van der Waals surface area contributed by atoms with Gasteiger partial charge in [-0.05, 0) is 48.5 Å². The zero-order valence-electron chi connectivity index (χ0n) is 17.3.